The van der Waals surface area contributed by atoms with Crippen molar-refractivity contribution in [2.24, 2.45) is 11.7 Å². The number of carboxylic acid groups (broad SMARTS) is 1. The highest BCUT2D eigenvalue weighted by Crippen LogP contribution is 2.33. The Hall–Kier alpha value is -5.39. The lowest BCUT2D eigenvalue weighted by atomic mass is 9.84. The second-order valence-electron chi connectivity index (χ2n) is 14.4. The van der Waals surface area contributed by atoms with E-state index < -0.39 is 65.3 Å². The molecule has 0 aromatic carbocycles. The largest absolute Gasteiger partial charge is 0.465 e. The van der Waals surface area contributed by atoms with Gasteiger partial charge in [0.2, 0.25) is 17.6 Å². The van der Waals surface area contributed by atoms with Crippen LogP contribution in [0.3, 0.4) is 0 Å². The molecule has 286 valence electrons. The van der Waals surface area contributed by atoms with Crippen molar-refractivity contribution < 1.29 is 39.0 Å². The summed E-state index contributed by atoms with van der Waals surface area (Å²) in [5.74, 6) is -3.82. The van der Waals surface area contributed by atoms with Crippen LogP contribution in [0.5, 0.6) is 0 Å². The van der Waals surface area contributed by atoms with Crippen molar-refractivity contribution in [3.63, 3.8) is 0 Å². The van der Waals surface area contributed by atoms with Gasteiger partial charge in [0.1, 0.15) is 23.3 Å². The molecule has 18 heteroatoms. The Bertz CT molecular complexity index is 1810. The number of hydrogen-bond acceptors (Lipinski definition) is 10. The lowest BCUT2D eigenvalue weighted by molar-refractivity contribution is -0.142. The first-order valence-corrected chi connectivity index (χ1v) is 18.0. The van der Waals surface area contributed by atoms with E-state index in [1.54, 1.807) is 49.0 Å². The van der Waals surface area contributed by atoms with E-state index >= 15 is 0 Å². The molecule has 3 aromatic rings. The van der Waals surface area contributed by atoms with Crippen molar-refractivity contribution in [1.82, 2.24) is 45.2 Å². The van der Waals surface area contributed by atoms with Crippen molar-refractivity contribution in [2.75, 3.05) is 13.1 Å². The third-order valence-corrected chi connectivity index (χ3v) is 10.0. The van der Waals surface area contributed by atoms with Gasteiger partial charge in [-0.25, -0.2) is 14.5 Å². The van der Waals surface area contributed by atoms with E-state index in [1.165, 1.54) is 15.8 Å². The molecule has 3 aromatic heterocycles. The lowest BCUT2D eigenvalue weighted by Gasteiger charge is -2.32. The van der Waals surface area contributed by atoms with Crippen LogP contribution in [0.25, 0.3) is 5.65 Å². The standard InChI is InChI=1S/C35H48N10O8/c1-35(2,53)27-18-39-42-45(27)23-17-26(32(49)40-24(29(46)30(36)47)10-6-7-13-38-34(51)52)44(20-23)33(50)25(16-21-8-4-3-5-9-21)41-31(48)22-11-12-28-37-14-15-43(28)19-22/h11-12,14-15,18-19,21,23-26,38,53H,3-10,13,16-17,20H2,1-2H3,(H2,36,47)(H,40,49)(H,41,48)(H,51,52)/t23-,24?,25?,26-/m0/s1. The van der Waals surface area contributed by atoms with Gasteiger partial charge in [-0.3, -0.25) is 24.0 Å². The number of Topliss-reactive ketones (excluding diaryl/α,β-unsaturated/α-hetero) is 1. The number of fused-ring (bicyclic) bond motifs is 1. The summed E-state index contributed by atoms with van der Waals surface area (Å²) in [5.41, 5.74) is 5.28. The Labute approximate surface area is 305 Å². The number of pyridine rings is 1. The molecule has 7 N–H and O–H groups in total. The van der Waals surface area contributed by atoms with Gasteiger partial charge in [-0.2, -0.15) is 0 Å². The van der Waals surface area contributed by atoms with Crippen LogP contribution in [-0.2, 0) is 24.8 Å². The first-order chi connectivity index (χ1) is 25.2. The van der Waals surface area contributed by atoms with Crippen molar-refractivity contribution >= 4 is 41.2 Å². The minimum atomic E-state index is -1.36. The first kappa shape index (κ1) is 38.8. The molecule has 0 spiro atoms. The summed E-state index contributed by atoms with van der Waals surface area (Å²) in [6.45, 7) is 3.19. The molecule has 18 nitrogen and oxygen atoms in total. The fraction of sp³-hybridized carbons (Fsp3) is 0.571. The van der Waals surface area contributed by atoms with Crippen LogP contribution in [0.1, 0.15) is 100 Å². The predicted molar refractivity (Wildman–Crippen MR) is 188 cm³/mol. The number of aliphatic hydroxyl groups is 1. The summed E-state index contributed by atoms with van der Waals surface area (Å²) < 4.78 is 3.17. The number of unbranched alkanes of at least 4 members (excludes halogenated alkanes) is 1. The van der Waals surface area contributed by atoms with Gasteiger partial charge in [0.25, 0.3) is 11.8 Å². The van der Waals surface area contributed by atoms with Crippen LogP contribution in [0.2, 0.25) is 0 Å². The summed E-state index contributed by atoms with van der Waals surface area (Å²) in [4.78, 5) is 83.8. The molecule has 53 heavy (non-hydrogen) atoms. The smallest absolute Gasteiger partial charge is 0.404 e. The van der Waals surface area contributed by atoms with Gasteiger partial charge in [-0.15, -0.1) is 5.10 Å². The highest BCUT2D eigenvalue weighted by atomic mass is 16.4. The van der Waals surface area contributed by atoms with E-state index in [-0.39, 0.29) is 38.3 Å². The highest BCUT2D eigenvalue weighted by molar-refractivity contribution is 6.37. The Kier molecular flexibility index (Phi) is 12.4. The molecule has 2 unspecified atom stereocenters. The molecule has 4 atom stereocenters. The topological polar surface area (TPSA) is 256 Å². The number of imidazole rings is 1. The van der Waals surface area contributed by atoms with Gasteiger partial charge in [0.05, 0.1) is 29.5 Å². The van der Waals surface area contributed by atoms with E-state index in [0.717, 1.165) is 32.1 Å². The van der Waals surface area contributed by atoms with Crippen LogP contribution in [0, 0.1) is 5.92 Å². The van der Waals surface area contributed by atoms with Crippen LogP contribution in [-0.4, -0.2) is 106 Å². The molecule has 0 bridgehead atoms. The zero-order valence-corrected chi connectivity index (χ0v) is 29.9. The maximum absolute atomic E-state index is 14.7. The Morgan fingerprint density at radius 1 is 1.04 bits per heavy atom. The fourth-order valence-electron chi connectivity index (χ4n) is 7.29. The molecular weight excluding hydrogens is 688 g/mol. The summed E-state index contributed by atoms with van der Waals surface area (Å²) in [7, 11) is 0. The molecule has 2 aliphatic rings. The number of hydrogen-bond donors (Lipinski definition) is 6. The molecule has 1 saturated carbocycles. The number of nitrogens with zero attached hydrogens (tertiary/aromatic N) is 6. The van der Waals surface area contributed by atoms with Gasteiger partial charge in [-0.1, -0.05) is 37.3 Å². The number of aromatic nitrogens is 5. The second-order valence-corrected chi connectivity index (χ2v) is 14.4. The zero-order valence-electron chi connectivity index (χ0n) is 29.9. The van der Waals surface area contributed by atoms with Crippen LogP contribution in [0.15, 0.2) is 36.9 Å². The minimum absolute atomic E-state index is 0.00749. The summed E-state index contributed by atoms with van der Waals surface area (Å²) >= 11 is 0. The van der Waals surface area contributed by atoms with Crippen LogP contribution >= 0.6 is 0 Å². The van der Waals surface area contributed by atoms with Crippen molar-refractivity contribution in [1.29, 1.82) is 0 Å². The average Bonchev–Trinajstić information content (AvgIpc) is 3.90. The Balaban J connectivity index is 1.43. The average molecular weight is 737 g/mol. The van der Waals surface area contributed by atoms with E-state index in [1.807, 2.05) is 0 Å². The third-order valence-electron chi connectivity index (χ3n) is 10.0. The maximum atomic E-state index is 14.7. The number of carbonyl (C=O) groups excluding carboxylic acids is 5. The SMILES string of the molecule is CC(C)(O)c1cnnn1[C@H]1C[C@@H](C(=O)NC(CCCCNC(=O)O)C(=O)C(N)=O)N(C(=O)C(CC2CCCCC2)NC(=O)c2ccc3nccn3c2)C1. The molecule has 2 fully saturated rings. The molecule has 5 amide bonds. The normalized spacial score (nSPS) is 19.0. The Morgan fingerprint density at radius 3 is 2.49 bits per heavy atom. The third kappa shape index (κ3) is 9.74. The first-order valence-electron chi connectivity index (χ1n) is 18.0. The highest BCUT2D eigenvalue weighted by Gasteiger charge is 2.45. The zero-order chi connectivity index (χ0) is 38.3. The molecule has 4 heterocycles. The summed E-state index contributed by atoms with van der Waals surface area (Å²) in [6.07, 6.45) is 11.0. The van der Waals surface area contributed by atoms with E-state index in [2.05, 4.69) is 31.2 Å². The number of nitrogens with one attached hydrogen (secondary N) is 3. The Morgan fingerprint density at radius 2 is 1.79 bits per heavy atom. The van der Waals surface area contributed by atoms with E-state index in [4.69, 9.17) is 10.8 Å². The van der Waals surface area contributed by atoms with Gasteiger partial charge < -0.3 is 41.2 Å². The van der Waals surface area contributed by atoms with Gasteiger partial charge in [0, 0.05) is 38.1 Å². The van der Waals surface area contributed by atoms with Crippen molar-refractivity contribution in [3.05, 3.63) is 48.2 Å². The summed E-state index contributed by atoms with van der Waals surface area (Å²) in [6, 6.07) is -0.805. The molecule has 1 aliphatic carbocycles. The quantitative estimate of drug-likeness (QED) is 0.0895. The number of nitrogens with two attached hydrogens (primary N) is 1. The van der Waals surface area contributed by atoms with Gasteiger partial charge in [0.15, 0.2) is 0 Å². The molecule has 5 rings (SSSR count). The number of rotatable bonds is 16. The van der Waals surface area contributed by atoms with E-state index in [9.17, 15) is 33.9 Å². The number of amides is 5. The number of primary amides is 1. The molecule has 1 saturated heterocycles. The fourth-order valence-corrected chi connectivity index (χ4v) is 7.29. The molecule has 0 radical (unpaired) electrons. The van der Waals surface area contributed by atoms with Crippen molar-refractivity contribution in [3.8, 4) is 0 Å². The van der Waals surface area contributed by atoms with Crippen molar-refractivity contribution in [2.45, 2.75) is 108 Å². The lowest BCUT2D eigenvalue weighted by Crippen LogP contribution is -2.56. The second kappa shape index (κ2) is 17.0. The van der Waals surface area contributed by atoms with E-state index in [0.29, 0.717) is 29.7 Å². The van der Waals surface area contributed by atoms with Gasteiger partial charge >= 0.3 is 6.09 Å². The monoisotopic (exact) mass is 736 g/mol. The molecular formula is C35H48N10O8. The van der Waals surface area contributed by atoms with Crippen LogP contribution in [0.4, 0.5) is 4.79 Å². The minimum Gasteiger partial charge on any atom is -0.465 e. The maximum Gasteiger partial charge on any atom is 0.404 e. The van der Waals surface area contributed by atoms with Gasteiger partial charge in [-0.05, 0) is 57.6 Å². The predicted octanol–water partition coefficient (Wildman–Crippen LogP) is 1.04. The molecule has 1 aliphatic heterocycles. The number of ketones is 1. The van der Waals surface area contributed by atoms with Crippen LogP contribution < -0.4 is 21.7 Å². The number of carbonyl (C=O) groups is 6. The number of likely N-dealkylation sites (tertiary alicyclic amines) is 1. The summed E-state index contributed by atoms with van der Waals surface area (Å²) in [5, 5.41) is 35.6.